The van der Waals surface area contributed by atoms with Crippen molar-refractivity contribution in [3.8, 4) is 28.4 Å². The molecule has 0 radical (unpaired) electrons. The lowest BCUT2D eigenvalue weighted by Gasteiger charge is -2.37. The van der Waals surface area contributed by atoms with Crippen molar-refractivity contribution < 1.29 is 19.4 Å². The second kappa shape index (κ2) is 12.3. The number of carbonyl (C=O) groups is 1. The molecule has 4 heterocycles. The summed E-state index contributed by atoms with van der Waals surface area (Å²) in [7, 11) is 0. The van der Waals surface area contributed by atoms with Crippen LogP contribution in [0.15, 0.2) is 54.6 Å². The fourth-order valence-electron chi connectivity index (χ4n) is 6.40. The molecule has 1 N–H and O–H groups in total. The monoisotopic (exact) mass is 580 g/mol. The number of hydrogen-bond donors (Lipinski definition) is 1. The third kappa shape index (κ3) is 5.94. The molecule has 2 aromatic heterocycles. The highest BCUT2D eigenvalue weighted by molar-refractivity contribution is 5.89. The number of pyridine rings is 1. The van der Waals surface area contributed by atoms with E-state index >= 15 is 0 Å². The van der Waals surface area contributed by atoms with Gasteiger partial charge >= 0.3 is 5.97 Å². The van der Waals surface area contributed by atoms with Crippen LogP contribution in [0, 0.1) is 13.8 Å². The fourth-order valence-corrected chi connectivity index (χ4v) is 6.40. The van der Waals surface area contributed by atoms with Crippen LogP contribution in [0.3, 0.4) is 0 Å². The standard InChI is InChI=1S/C35H40N4O4/c1-22(2)39-33(24(4)32(37-39)35(40)41)31-10-6-9-30(36-31)29-8-5-7-23(3)34(29)43-21-25-11-12-27-20-38(16-13-26(27)19-25)28-14-17-42-18-15-28/h5-12,19,22,28H,13-18,20-21H2,1-4H3,(H,40,41). The van der Waals surface area contributed by atoms with Gasteiger partial charge in [0.1, 0.15) is 12.4 Å². The Kier molecular flexibility index (Phi) is 8.32. The molecule has 1 saturated heterocycles. The highest BCUT2D eigenvalue weighted by atomic mass is 16.5. The van der Waals surface area contributed by atoms with Crippen molar-refractivity contribution in [3.05, 3.63) is 88.1 Å². The van der Waals surface area contributed by atoms with Crippen LogP contribution in [0.4, 0.5) is 0 Å². The number of carboxylic acid groups (broad SMARTS) is 1. The van der Waals surface area contributed by atoms with Crippen molar-refractivity contribution in [2.24, 2.45) is 0 Å². The Labute approximate surface area is 253 Å². The lowest BCUT2D eigenvalue weighted by molar-refractivity contribution is 0.0290. The number of aromatic carboxylic acids is 1. The maximum atomic E-state index is 11.8. The molecular weight excluding hydrogens is 540 g/mol. The van der Waals surface area contributed by atoms with Crippen molar-refractivity contribution in [1.82, 2.24) is 19.7 Å². The third-order valence-electron chi connectivity index (χ3n) is 8.72. The zero-order chi connectivity index (χ0) is 30.1. The van der Waals surface area contributed by atoms with Crippen LogP contribution in [-0.4, -0.2) is 56.5 Å². The molecule has 0 spiro atoms. The molecule has 1 fully saturated rings. The van der Waals surface area contributed by atoms with Crippen molar-refractivity contribution in [2.45, 2.75) is 72.2 Å². The first kappa shape index (κ1) is 29.1. The van der Waals surface area contributed by atoms with E-state index in [1.807, 2.05) is 44.2 Å². The summed E-state index contributed by atoms with van der Waals surface area (Å²) in [5.41, 5.74) is 8.75. The average Bonchev–Trinajstić information content (AvgIpc) is 3.38. The number of para-hydroxylation sites is 1. The summed E-state index contributed by atoms with van der Waals surface area (Å²) >= 11 is 0. The molecule has 6 rings (SSSR count). The van der Waals surface area contributed by atoms with Gasteiger partial charge in [-0.2, -0.15) is 5.10 Å². The van der Waals surface area contributed by atoms with Crippen LogP contribution in [0.2, 0.25) is 0 Å². The van der Waals surface area contributed by atoms with E-state index in [0.29, 0.717) is 29.6 Å². The minimum absolute atomic E-state index is 0.0216. The molecule has 0 unspecified atom stereocenters. The van der Waals surface area contributed by atoms with Crippen LogP contribution < -0.4 is 4.74 Å². The quantitative estimate of drug-likeness (QED) is 0.250. The van der Waals surface area contributed by atoms with Gasteiger partial charge in [0, 0.05) is 49.5 Å². The highest BCUT2D eigenvalue weighted by Gasteiger charge is 2.26. The van der Waals surface area contributed by atoms with Gasteiger partial charge in [-0.15, -0.1) is 0 Å². The molecule has 224 valence electrons. The summed E-state index contributed by atoms with van der Waals surface area (Å²) in [6.45, 7) is 12.1. The number of benzene rings is 2. The maximum absolute atomic E-state index is 11.8. The van der Waals surface area contributed by atoms with E-state index in [2.05, 4.69) is 41.2 Å². The van der Waals surface area contributed by atoms with Gasteiger partial charge in [0.05, 0.1) is 17.1 Å². The average molecular weight is 581 g/mol. The lowest BCUT2D eigenvalue weighted by Crippen LogP contribution is -2.42. The molecule has 2 aromatic carbocycles. The van der Waals surface area contributed by atoms with E-state index in [0.717, 1.165) is 73.7 Å². The Hall–Kier alpha value is -4.01. The van der Waals surface area contributed by atoms with Gasteiger partial charge < -0.3 is 14.6 Å². The Morgan fingerprint density at radius 1 is 1.05 bits per heavy atom. The van der Waals surface area contributed by atoms with Crippen LogP contribution in [0.25, 0.3) is 22.6 Å². The first-order chi connectivity index (χ1) is 20.8. The van der Waals surface area contributed by atoms with Gasteiger partial charge in [-0.1, -0.05) is 36.4 Å². The summed E-state index contributed by atoms with van der Waals surface area (Å²) < 4.78 is 13.8. The lowest BCUT2D eigenvalue weighted by atomic mass is 9.95. The minimum atomic E-state index is -1.04. The van der Waals surface area contributed by atoms with Gasteiger partial charge in [-0.25, -0.2) is 9.78 Å². The molecule has 8 nitrogen and oxygen atoms in total. The number of nitrogens with zero attached hydrogens (tertiary/aromatic N) is 4. The van der Waals surface area contributed by atoms with Crippen molar-refractivity contribution >= 4 is 5.97 Å². The summed E-state index contributed by atoms with van der Waals surface area (Å²) in [6, 6.07) is 19.3. The van der Waals surface area contributed by atoms with Crippen LogP contribution >= 0.6 is 0 Å². The van der Waals surface area contributed by atoms with E-state index in [-0.39, 0.29) is 11.7 Å². The van der Waals surface area contributed by atoms with Crippen molar-refractivity contribution in [3.63, 3.8) is 0 Å². The van der Waals surface area contributed by atoms with E-state index < -0.39 is 5.97 Å². The molecule has 2 aliphatic heterocycles. The number of hydrogen-bond acceptors (Lipinski definition) is 6. The molecule has 8 heteroatoms. The zero-order valence-corrected chi connectivity index (χ0v) is 25.5. The first-order valence-electron chi connectivity index (χ1n) is 15.2. The molecule has 0 atom stereocenters. The van der Waals surface area contributed by atoms with Gasteiger partial charge in [0.25, 0.3) is 0 Å². The number of carboxylic acids is 1. The van der Waals surface area contributed by atoms with E-state index in [9.17, 15) is 9.90 Å². The summed E-state index contributed by atoms with van der Waals surface area (Å²) in [4.78, 5) is 19.5. The fraction of sp³-hybridized carbons (Fsp3) is 0.400. The zero-order valence-electron chi connectivity index (χ0n) is 25.5. The van der Waals surface area contributed by atoms with E-state index in [4.69, 9.17) is 14.5 Å². The van der Waals surface area contributed by atoms with Crippen LogP contribution in [0.5, 0.6) is 5.75 Å². The number of aromatic nitrogens is 3. The predicted molar refractivity (Wildman–Crippen MR) is 166 cm³/mol. The molecule has 2 aliphatic rings. The van der Waals surface area contributed by atoms with Gasteiger partial charge in [-0.05, 0) is 87.4 Å². The molecule has 0 saturated carbocycles. The van der Waals surface area contributed by atoms with E-state index in [1.165, 1.54) is 11.1 Å². The Morgan fingerprint density at radius 2 is 1.81 bits per heavy atom. The molecular formula is C35H40N4O4. The second-order valence-electron chi connectivity index (χ2n) is 12.0. The highest BCUT2D eigenvalue weighted by Crippen LogP contribution is 2.35. The third-order valence-corrected chi connectivity index (χ3v) is 8.72. The van der Waals surface area contributed by atoms with Crippen molar-refractivity contribution in [2.75, 3.05) is 19.8 Å². The summed E-state index contributed by atoms with van der Waals surface area (Å²) in [5, 5.41) is 14.1. The summed E-state index contributed by atoms with van der Waals surface area (Å²) in [5.74, 6) is -0.238. The SMILES string of the molecule is Cc1cccc(-c2cccc(-c3c(C)c(C(=O)O)nn3C(C)C)n2)c1OCc1ccc2c(c1)CCN(C1CCOCC1)C2. The first-order valence-corrected chi connectivity index (χ1v) is 15.2. The van der Waals surface area contributed by atoms with E-state index in [1.54, 1.807) is 11.6 Å². The topological polar surface area (TPSA) is 89.7 Å². The number of ether oxygens (including phenoxy) is 2. The Bertz CT molecular complexity index is 1640. The second-order valence-corrected chi connectivity index (χ2v) is 12.0. The van der Waals surface area contributed by atoms with Crippen molar-refractivity contribution in [1.29, 1.82) is 0 Å². The number of fused-ring (bicyclic) bond motifs is 1. The van der Waals surface area contributed by atoms with Crippen LogP contribution in [-0.2, 0) is 24.3 Å². The number of aryl methyl sites for hydroxylation is 1. The molecule has 4 aromatic rings. The maximum Gasteiger partial charge on any atom is 0.356 e. The smallest absolute Gasteiger partial charge is 0.356 e. The normalized spacial score (nSPS) is 15.9. The largest absolute Gasteiger partial charge is 0.488 e. The van der Waals surface area contributed by atoms with Crippen LogP contribution in [0.1, 0.15) is 71.0 Å². The molecule has 0 amide bonds. The Morgan fingerprint density at radius 3 is 2.58 bits per heavy atom. The Balaban J connectivity index is 1.24. The molecule has 43 heavy (non-hydrogen) atoms. The summed E-state index contributed by atoms with van der Waals surface area (Å²) in [6.07, 6.45) is 3.31. The molecule has 0 bridgehead atoms. The number of rotatable bonds is 8. The minimum Gasteiger partial charge on any atom is -0.488 e. The predicted octanol–water partition coefficient (Wildman–Crippen LogP) is 6.62. The van der Waals surface area contributed by atoms with Gasteiger partial charge in [-0.3, -0.25) is 9.58 Å². The van der Waals surface area contributed by atoms with Gasteiger partial charge in [0.15, 0.2) is 5.69 Å². The van der Waals surface area contributed by atoms with Gasteiger partial charge in [0.2, 0.25) is 0 Å². The molecule has 0 aliphatic carbocycles.